The average Bonchev–Trinajstić information content (AvgIpc) is 3.24. The van der Waals surface area contributed by atoms with Crippen molar-refractivity contribution in [2.45, 2.75) is 18.9 Å². The first kappa shape index (κ1) is 18.5. The van der Waals surface area contributed by atoms with E-state index in [1.165, 1.54) is 18.2 Å². The second kappa shape index (κ2) is 8.05. The van der Waals surface area contributed by atoms with Gasteiger partial charge in [0, 0.05) is 31.7 Å². The van der Waals surface area contributed by atoms with E-state index >= 15 is 0 Å². The number of rotatable bonds is 3. The SMILES string of the molecule is O=C(c1cccc(F)c1)N1CCN(C(=O)c2cn(C3CCNCC3)nn2)CC1. The summed E-state index contributed by atoms with van der Waals surface area (Å²) in [5, 5.41) is 11.5. The number of halogens is 1. The van der Waals surface area contributed by atoms with Crippen molar-refractivity contribution in [3.8, 4) is 0 Å². The molecule has 28 heavy (non-hydrogen) atoms. The molecule has 0 unspecified atom stereocenters. The molecule has 2 aromatic rings. The topological polar surface area (TPSA) is 83.4 Å². The van der Waals surface area contributed by atoms with Crippen LogP contribution in [0, 0.1) is 5.82 Å². The number of hydrogen-bond donors (Lipinski definition) is 1. The van der Waals surface area contributed by atoms with E-state index in [1.807, 2.05) is 0 Å². The number of carbonyl (C=O) groups excluding carboxylic acids is 2. The maximum atomic E-state index is 13.3. The molecule has 2 aliphatic rings. The number of piperidine rings is 1. The minimum Gasteiger partial charge on any atom is -0.335 e. The van der Waals surface area contributed by atoms with Gasteiger partial charge in [-0.15, -0.1) is 5.10 Å². The monoisotopic (exact) mass is 386 g/mol. The molecular formula is C19H23FN6O2. The number of piperazine rings is 1. The minimum atomic E-state index is -0.434. The number of aromatic nitrogens is 3. The zero-order valence-electron chi connectivity index (χ0n) is 15.6. The highest BCUT2D eigenvalue weighted by molar-refractivity contribution is 5.95. The maximum Gasteiger partial charge on any atom is 0.276 e. The van der Waals surface area contributed by atoms with E-state index in [-0.39, 0.29) is 17.9 Å². The summed E-state index contributed by atoms with van der Waals surface area (Å²) >= 11 is 0. The van der Waals surface area contributed by atoms with Gasteiger partial charge in [-0.3, -0.25) is 9.59 Å². The van der Waals surface area contributed by atoms with Crippen molar-refractivity contribution >= 4 is 11.8 Å². The highest BCUT2D eigenvalue weighted by Gasteiger charge is 2.27. The Labute approximate surface area is 162 Å². The molecule has 0 bridgehead atoms. The second-order valence-corrected chi connectivity index (χ2v) is 7.16. The van der Waals surface area contributed by atoms with Gasteiger partial charge in [0.05, 0.1) is 12.2 Å². The Hall–Kier alpha value is -2.81. The molecule has 0 atom stereocenters. The number of nitrogens with zero attached hydrogens (tertiary/aromatic N) is 5. The van der Waals surface area contributed by atoms with Crippen LogP contribution in [-0.2, 0) is 0 Å². The number of amides is 2. The first-order chi connectivity index (χ1) is 13.6. The quantitative estimate of drug-likeness (QED) is 0.849. The number of hydrogen-bond acceptors (Lipinski definition) is 5. The van der Waals surface area contributed by atoms with Gasteiger partial charge in [0.1, 0.15) is 5.82 Å². The van der Waals surface area contributed by atoms with Gasteiger partial charge < -0.3 is 15.1 Å². The predicted molar refractivity (Wildman–Crippen MR) is 99.4 cm³/mol. The highest BCUT2D eigenvalue weighted by atomic mass is 19.1. The molecule has 0 radical (unpaired) electrons. The smallest absolute Gasteiger partial charge is 0.276 e. The zero-order valence-corrected chi connectivity index (χ0v) is 15.6. The lowest BCUT2D eigenvalue weighted by Crippen LogP contribution is -2.50. The summed E-state index contributed by atoms with van der Waals surface area (Å²) in [4.78, 5) is 28.6. The molecule has 0 aliphatic carbocycles. The highest BCUT2D eigenvalue weighted by Crippen LogP contribution is 2.18. The van der Waals surface area contributed by atoms with Crippen LogP contribution in [0.25, 0.3) is 0 Å². The number of carbonyl (C=O) groups is 2. The summed E-state index contributed by atoms with van der Waals surface area (Å²) in [7, 11) is 0. The first-order valence-electron chi connectivity index (χ1n) is 9.58. The average molecular weight is 386 g/mol. The van der Waals surface area contributed by atoms with Crippen molar-refractivity contribution in [3.63, 3.8) is 0 Å². The van der Waals surface area contributed by atoms with Crippen molar-refractivity contribution in [3.05, 3.63) is 47.5 Å². The van der Waals surface area contributed by atoms with Gasteiger partial charge in [0.15, 0.2) is 5.69 Å². The Morgan fingerprint density at radius 2 is 1.71 bits per heavy atom. The van der Waals surface area contributed by atoms with Gasteiger partial charge in [-0.2, -0.15) is 0 Å². The van der Waals surface area contributed by atoms with Crippen LogP contribution in [0.1, 0.15) is 39.7 Å². The minimum absolute atomic E-state index is 0.168. The van der Waals surface area contributed by atoms with Gasteiger partial charge in [0.25, 0.3) is 11.8 Å². The Kier molecular flexibility index (Phi) is 5.34. The molecule has 2 saturated heterocycles. The van der Waals surface area contributed by atoms with Gasteiger partial charge in [-0.1, -0.05) is 11.3 Å². The van der Waals surface area contributed by atoms with Crippen LogP contribution in [0.3, 0.4) is 0 Å². The van der Waals surface area contributed by atoms with Crippen LogP contribution in [0.4, 0.5) is 4.39 Å². The van der Waals surface area contributed by atoms with Crippen LogP contribution < -0.4 is 5.32 Å². The molecule has 2 aliphatic heterocycles. The molecule has 1 N–H and O–H groups in total. The van der Waals surface area contributed by atoms with Gasteiger partial charge >= 0.3 is 0 Å². The molecule has 1 aromatic heterocycles. The largest absolute Gasteiger partial charge is 0.335 e. The van der Waals surface area contributed by atoms with Crippen LogP contribution in [0.5, 0.6) is 0 Å². The Morgan fingerprint density at radius 1 is 1.04 bits per heavy atom. The third-order valence-corrected chi connectivity index (χ3v) is 5.34. The lowest BCUT2D eigenvalue weighted by atomic mass is 10.1. The molecular weight excluding hydrogens is 363 g/mol. The summed E-state index contributed by atoms with van der Waals surface area (Å²) in [6.07, 6.45) is 3.66. The lowest BCUT2D eigenvalue weighted by Gasteiger charge is -2.34. The van der Waals surface area contributed by atoms with Crippen LogP contribution >= 0.6 is 0 Å². The zero-order chi connectivity index (χ0) is 19.5. The van der Waals surface area contributed by atoms with Crippen molar-refractivity contribution in [1.29, 1.82) is 0 Å². The van der Waals surface area contributed by atoms with Gasteiger partial charge in [-0.25, -0.2) is 9.07 Å². The predicted octanol–water partition coefficient (Wildman–Crippen LogP) is 0.940. The van der Waals surface area contributed by atoms with Gasteiger partial charge in [0.2, 0.25) is 0 Å². The van der Waals surface area contributed by atoms with E-state index in [0.29, 0.717) is 37.4 Å². The van der Waals surface area contributed by atoms with Crippen molar-refractivity contribution in [2.75, 3.05) is 39.3 Å². The Bertz CT molecular complexity index is 856. The molecule has 148 valence electrons. The van der Waals surface area contributed by atoms with Crippen molar-refractivity contribution < 1.29 is 14.0 Å². The third kappa shape index (κ3) is 3.89. The molecule has 9 heteroatoms. The van der Waals surface area contributed by atoms with Crippen LogP contribution in [0.15, 0.2) is 30.5 Å². The Morgan fingerprint density at radius 3 is 2.39 bits per heavy atom. The first-order valence-corrected chi connectivity index (χ1v) is 9.58. The fraction of sp³-hybridized carbons (Fsp3) is 0.474. The van der Waals surface area contributed by atoms with E-state index in [4.69, 9.17) is 0 Å². The standard InChI is InChI=1S/C19H23FN6O2/c20-15-3-1-2-14(12-15)18(27)24-8-10-25(11-9-24)19(28)17-13-26(23-22-17)16-4-6-21-7-5-16/h1-3,12-13,16,21H,4-11H2. The summed E-state index contributed by atoms with van der Waals surface area (Å²) in [6.45, 7) is 3.53. The van der Waals surface area contributed by atoms with Crippen LogP contribution in [0.2, 0.25) is 0 Å². The molecule has 0 spiro atoms. The van der Waals surface area contributed by atoms with Gasteiger partial charge in [-0.05, 0) is 44.1 Å². The molecule has 3 heterocycles. The molecule has 2 fully saturated rings. The lowest BCUT2D eigenvalue weighted by molar-refractivity contribution is 0.0532. The molecule has 2 amide bonds. The fourth-order valence-corrected chi connectivity index (χ4v) is 3.70. The van der Waals surface area contributed by atoms with Crippen molar-refractivity contribution in [1.82, 2.24) is 30.1 Å². The molecule has 0 saturated carbocycles. The number of nitrogens with one attached hydrogen (secondary N) is 1. The van der Waals surface area contributed by atoms with Crippen LogP contribution in [-0.4, -0.2) is 75.9 Å². The third-order valence-electron chi connectivity index (χ3n) is 5.34. The van der Waals surface area contributed by atoms with E-state index in [0.717, 1.165) is 25.9 Å². The summed E-state index contributed by atoms with van der Waals surface area (Å²) in [6, 6.07) is 5.94. The maximum absolute atomic E-state index is 13.3. The van der Waals surface area contributed by atoms with E-state index in [1.54, 1.807) is 26.7 Å². The summed E-state index contributed by atoms with van der Waals surface area (Å²) in [5.41, 5.74) is 0.660. The normalized spacial score (nSPS) is 18.3. The van der Waals surface area contributed by atoms with E-state index < -0.39 is 5.82 Å². The van der Waals surface area contributed by atoms with Crippen molar-refractivity contribution in [2.24, 2.45) is 0 Å². The molecule has 4 rings (SSSR count). The summed E-state index contributed by atoms with van der Waals surface area (Å²) < 4.78 is 15.1. The fourth-order valence-electron chi connectivity index (χ4n) is 3.70. The number of benzene rings is 1. The Balaban J connectivity index is 1.35. The van der Waals surface area contributed by atoms with E-state index in [2.05, 4.69) is 15.6 Å². The second-order valence-electron chi connectivity index (χ2n) is 7.16. The summed E-state index contributed by atoms with van der Waals surface area (Å²) in [5.74, 6) is -0.821. The molecule has 8 nitrogen and oxygen atoms in total. The molecule has 1 aromatic carbocycles. The van der Waals surface area contributed by atoms with E-state index in [9.17, 15) is 14.0 Å².